The van der Waals surface area contributed by atoms with Crippen LogP contribution in [0.15, 0.2) is 48.5 Å². The molecule has 2 unspecified atom stereocenters. The zero-order valence-corrected chi connectivity index (χ0v) is 16.7. The molecule has 28 heavy (non-hydrogen) atoms. The molecule has 0 spiro atoms. The summed E-state index contributed by atoms with van der Waals surface area (Å²) in [5.74, 6) is 0.168. The Balaban J connectivity index is 1.91. The predicted molar refractivity (Wildman–Crippen MR) is 106 cm³/mol. The van der Waals surface area contributed by atoms with E-state index in [4.69, 9.17) is 14.6 Å². The molecular weight excluding hydrogens is 358 g/mol. The molecule has 2 aromatic rings. The zero-order valence-electron chi connectivity index (χ0n) is 16.7. The van der Waals surface area contributed by atoms with Gasteiger partial charge in [0.2, 0.25) is 0 Å². The van der Waals surface area contributed by atoms with E-state index >= 15 is 0 Å². The molecule has 0 saturated carbocycles. The van der Waals surface area contributed by atoms with Gasteiger partial charge in [-0.15, -0.1) is 0 Å². The Morgan fingerprint density at radius 1 is 1.00 bits per heavy atom. The number of ether oxygens (including phenoxy) is 2. The smallest absolute Gasteiger partial charge is 0.338 e. The number of rotatable bonds is 8. The minimum Gasteiger partial charge on any atom is -0.497 e. The monoisotopic (exact) mass is 385 g/mol. The first-order valence-corrected chi connectivity index (χ1v) is 9.17. The highest BCUT2D eigenvalue weighted by Crippen LogP contribution is 2.16. The fraction of sp³-hybridized carbons (Fsp3) is 0.364. The Hall–Kier alpha value is -2.86. The first-order chi connectivity index (χ1) is 13.3. The first-order valence-electron chi connectivity index (χ1n) is 9.17. The van der Waals surface area contributed by atoms with Gasteiger partial charge in [0.15, 0.2) is 0 Å². The van der Waals surface area contributed by atoms with Gasteiger partial charge < -0.3 is 19.5 Å². The van der Waals surface area contributed by atoms with E-state index in [-0.39, 0.29) is 24.7 Å². The standard InChI is InChI=1S/C22H27NO5/c1-15(23(3)21(25)18-9-11-20(27-4)12-10-18)13-16(2)28-22(26)19-7-5-17(14-24)6-8-19/h5-12,15-16,24H,13-14H2,1-4H3. The van der Waals surface area contributed by atoms with Crippen molar-refractivity contribution in [2.75, 3.05) is 14.2 Å². The van der Waals surface area contributed by atoms with Crippen molar-refractivity contribution in [1.82, 2.24) is 4.90 Å². The summed E-state index contributed by atoms with van der Waals surface area (Å²) in [6, 6.07) is 13.5. The zero-order chi connectivity index (χ0) is 20.7. The lowest BCUT2D eigenvalue weighted by Crippen LogP contribution is -2.37. The number of carbonyl (C=O) groups is 2. The number of benzene rings is 2. The van der Waals surface area contributed by atoms with E-state index in [1.165, 1.54) is 0 Å². The van der Waals surface area contributed by atoms with Gasteiger partial charge in [0.1, 0.15) is 11.9 Å². The van der Waals surface area contributed by atoms with E-state index in [0.29, 0.717) is 23.3 Å². The van der Waals surface area contributed by atoms with E-state index < -0.39 is 5.97 Å². The topological polar surface area (TPSA) is 76.1 Å². The van der Waals surface area contributed by atoms with Gasteiger partial charge in [0.05, 0.1) is 19.3 Å². The average Bonchev–Trinajstić information content (AvgIpc) is 2.72. The number of aliphatic hydroxyl groups is 1. The van der Waals surface area contributed by atoms with Gasteiger partial charge in [-0.2, -0.15) is 0 Å². The number of nitrogens with zero attached hydrogens (tertiary/aromatic N) is 1. The van der Waals surface area contributed by atoms with Crippen LogP contribution in [0, 0.1) is 0 Å². The first kappa shape index (κ1) is 21.4. The molecule has 1 N–H and O–H groups in total. The Bertz CT molecular complexity index is 786. The third-order valence-corrected chi connectivity index (χ3v) is 4.67. The summed E-state index contributed by atoms with van der Waals surface area (Å²) in [5, 5.41) is 9.06. The lowest BCUT2D eigenvalue weighted by atomic mass is 10.1. The number of methoxy groups -OCH3 is 1. The van der Waals surface area contributed by atoms with Crippen molar-refractivity contribution >= 4 is 11.9 Å². The third kappa shape index (κ3) is 5.57. The molecule has 6 heteroatoms. The van der Waals surface area contributed by atoms with Crippen molar-refractivity contribution in [3.05, 3.63) is 65.2 Å². The van der Waals surface area contributed by atoms with Crippen LogP contribution in [0.2, 0.25) is 0 Å². The Labute approximate surface area is 165 Å². The third-order valence-electron chi connectivity index (χ3n) is 4.67. The second-order valence-corrected chi connectivity index (χ2v) is 6.80. The molecule has 0 fully saturated rings. The number of esters is 1. The maximum atomic E-state index is 12.6. The Kier molecular flexibility index (Phi) is 7.58. The highest BCUT2D eigenvalue weighted by atomic mass is 16.5. The summed E-state index contributed by atoms with van der Waals surface area (Å²) in [4.78, 5) is 26.5. The van der Waals surface area contributed by atoms with Crippen LogP contribution < -0.4 is 4.74 Å². The number of hydrogen-bond acceptors (Lipinski definition) is 5. The average molecular weight is 385 g/mol. The molecule has 0 aliphatic rings. The fourth-order valence-electron chi connectivity index (χ4n) is 2.82. The van der Waals surface area contributed by atoms with E-state index in [1.54, 1.807) is 67.6 Å². The summed E-state index contributed by atoms with van der Waals surface area (Å²) < 4.78 is 10.6. The van der Waals surface area contributed by atoms with Crippen LogP contribution in [-0.2, 0) is 11.3 Å². The molecule has 2 aromatic carbocycles. The number of carbonyl (C=O) groups excluding carboxylic acids is 2. The second kappa shape index (κ2) is 9.90. The lowest BCUT2D eigenvalue weighted by molar-refractivity contribution is 0.0268. The lowest BCUT2D eigenvalue weighted by Gasteiger charge is -2.27. The van der Waals surface area contributed by atoms with Crippen LogP contribution in [0.25, 0.3) is 0 Å². The van der Waals surface area contributed by atoms with Gasteiger partial charge >= 0.3 is 5.97 Å². The van der Waals surface area contributed by atoms with Gasteiger partial charge in [-0.3, -0.25) is 4.79 Å². The minimum atomic E-state index is -0.423. The van der Waals surface area contributed by atoms with Crippen molar-refractivity contribution in [3.63, 3.8) is 0 Å². The summed E-state index contributed by atoms with van der Waals surface area (Å²) in [5.41, 5.74) is 1.74. The maximum absolute atomic E-state index is 12.6. The van der Waals surface area contributed by atoms with Crippen LogP contribution in [0.3, 0.4) is 0 Å². The van der Waals surface area contributed by atoms with Gasteiger partial charge in [-0.25, -0.2) is 4.79 Å². The predicted octanol–water partition coefficient (Wildman–Crippen LogP) is 3.28. The maximum Gasteiger partial charge on any atom is 0.338 e. The number of aliphatic hydroxyl groups excluding tert-OH is 1. The summed E-state index contributed by atoms with van der Waals surface area (Å²) in [7, 11) is 3.31. The van der Waals surface area contributed by atoms with Gasteiger partial charge in [0, 0.05) is 25.1 Å². The normalized spacial score (nSPS) is 12.8. The SMILES string of the molecule is COc1ccc(C(=O)N(C)C(C)CC(C)OC(=O)c2ccc(CO)cc2)cc1. The molecule has 0 bridgehead atoms. The van der Waals surface area contributed by atoms with Crippen LogP contribution in [0.1, 0.15) is 46.5 Å². The molecule has 2 atom stereocenters. The van der Waals surface area contributed by atoms with Gasteiger partial charge in [0.25, 0.3) is 5.91 Å². The molecule has 2 rings (SSSR count). The molecule has 0 heterocycles. The number of amides is 1. The molecule has 6 nitrogen and oxygen atoms in total. The van der Waals surface area contributed by atoms with Crippen molar-refractivity contribution < 1.29 is 24.2 Å². The Morgan fingerprint density at radius 2 is 1.57 bits per heavy atom. The molecule has 0 radical (unpaired) electrons. The summed E-state index contributed by atoms with van der Waals surface area (Å²) >= 11 is 0. The van der Waals surface area contributed by atoms with Crippen LogP contribution in [0.4, 0.5) is 0 Å². The van der Waals surface area contributed by atoms with E-state index in [1.807, 2.05) is 13.8 Å². The van der Waals surface area contributed by atoms with Gasteiger partial charge in [-0.1, -0.05) is 12.1 Å². The summed E-state index contributed by atoms with van der Waals surface area (Å²) in [6.07, 6.45) is 0.157. The van der Waals surface area contributed by atoms with Crippen molar-refractivity contribution in [1.29, 1.82) is 0 Å². The molecule has 0 aliphatic carbocycles. The molecule has 0 aliphatic heterocycles. The van der Waals surface area contributed by atoms with E-state index in [9.17, 15) is 9.59 Å². The largest absolute Gasteiger partial charge is 0.497 e. The highest BCUT2D eigenvalue weighted by molar-refractivity contribution is 5.94. The molecule has 150 valence electrons. The van der Waals surface area contributed by atoms with Gasteiger partial charge in [-0.05, 0) is 55.8 Å². The van der Waals surface area contributed by atoms with Crippen molar-refractivity contribution in [2.45, 2.75) is 39.0 Å². The molecule has 0 saturated heterocycles. The van der Waals surface area contributed by atoms with Crippen LogP contribution in [0.5, 0.6) is 5.75 Å². The fourth-order valence-corrected chi connectivity index (χ4v) is 2.82. The molecule has 0 aromatic heterocycles. The molecular formula is C22H27NO5. The van der Waals surface area contributed by atoms with Crippen LogP contribution in [-0.4, -0.2) is 48.2 Å². The number of hydrogen-bond donors (Lipinski definition) is 1. The minimum absolute atomic E-state index is 0.0716. The highest BCUT2D eigenvalue weighted by Gasteiger charge is 2.21. The van der Waals surface area contributed by atoms with E-state index in [0.717, 1.165) is 5.56 Å². The van der Waals surface area contributed by atoms with Crippen LogP contribution >= 0.6 is 0 Å². The van der Waals surface area contributed by atoms with E-state index in [2.05, 4.69) is 0 Å². The van der Waals surface area contributed by atoms with Crippen molar-refractivity contribution in [2.24, 2.45) is 0 Å². The Morgan fingerprint density at radius 3 is 2.11 bits per heavy atom. The van der Waals surface area contributed by atoms with Crippen molar-refractivity contribution in [3.8, 4) is 5.75 Å². The second-order valence-electron chi connectivity index (χ2n) is 6.80. The molecule has 1 amide bonds. The quantitative estimate of drug-likeness (QED) is 0.706. The summed E-state index contributed by atoms with van der Waals surface area (Å²) in [6.45, 7) is 3.65.